The van der Waals surface area contributed by atoms with Crippen molar-refractivity contribution in [3.05, 3.63) is 30.2 Å². The smallest absolute Gasteiger partial charge is 0.157 e. The molecule has 2 aromatic rings. The van der Waals surface area contributed by atoms with E-state index in [0.717, 1.165) is 55.3 Å². The van der Waals surface area contributed by atoms with Crippen LogP contribution in [0.1, 0.15) is 78.6 Å². The molecule has 1 aromatic heterocycles. The average Bonchev–Trinajstić information content (AvgIpc) is 3.34. The molecule has 1 aromatic carbocycles. The second kappa shape index (κ2) is 7.62. The van der Waals surface area contributed by atoms with E-state index in [-0.39, 0.29) is 23.7 Å². The topological polar surface area (TPSA) is 55.1 Å². The van der Waals surface area contributed by atoms with Gasteiger partial charge in [-0.25, -0.2) is 4.39 Å². The highest BCUT2D eigenvalue weighted by Gasteiger charge is 2.61. The van der Waals surface area contributed by atoms with Crippen molar-refractivity contribution in [3.63, 3.8) is 0 Å². The highest BCUT2D eigenvalue weighted by molar-refractivity contribution is 5.85. The van der Waals surface area contributed by atoms with E-state index in [0.29, 0.717) is 29.0 Å². The number of hydrogen-bond donors (Lipinski definition) is 1. The number of benzene rings is 1. The Balaban J connectivity index is 1.21. The number of aromatic nitrogens is 2. The Morgan fingerprint density at radius 3 is 2.68 bits per heavy atom. The quantitative estimate of drug-likeness (QED) is 0.590. The Bertz CT molecular complexity index is 1120. The lowest BCUT2D eigenvalue weighted by Gasteiger charge is -2.61. The third-order valence-corrected chi connectivity index (χ3v) is 11.3. The molecule has 0 spiro atoms. The summed E-state index contributed by atoms with van der Waals surface area (Å²) >= 11 is 0. The monoisotopic (exact) mass is 466 g/mol. The van der Waals surface area contributed by atoms with Crippen LogP contribution in [0.3, 0.4) is 0 Å². The van der Waals surface area contributed by atoms with E-state index in [1.165, 1.54) is 31.4 Å². The number of carbonyl (C=O) groups is 1. The van der Waals surface area contributed by atoms with Crippen LogP contribution in [0.15, 0.2) is 24.4 Å². The summed E-state index contributed by atoms with van der Waals surface area (Å²) in [6.45, 7) is 7.24. The lowest BCUT2D eigenvalue weighted by molar-refractivity contribution is -0.151. The fraction of sp³-hybridized carbons (Fsp3) is 0.724. The Hall–Kier alpha value is -1.75. The van der Waals surface area contributed by atoms with Gasteiger partial charge in [-0.2, -0.15) is 5.10 Å². The van der Waals surface area contributed by atoms with E-state index in [2.05, 4.69) is 18.9 Å². The maximum Gasteiger partial charge on any atom is 0.157 e. The molecule has 34 heavy (non-hydrogen) atoms. The second-order valence-electron chi connectivity index (χ2n) is 13.0. The van der Waals surface area contributed by atoms with Gasteiger partial charge < -0.3 is 5.11 Å². The molecular weight excluding hydrogens is 427 g/mol. The number of hydrogen-bond acceptors (Lipinski definition) is 3. The number of ketones is 1. The van der Waals surface area contributed by atoms with Gasteiger partial charge in [0.15, 0.2) is 5.78 Å². The first-order valence-corrected chi connectivity index (χ1v) is 13.5. The summed E-state index contributed by atoms with van der Waals surface area (Å²) < 4.78 is 15.3. The van der Waals surface area contributed by atoms with Crippen LogP contribution in [-0.2, 0) is 11.3 Å². The third-order valence-electron chi connectivity index (χ3n) is 11.3. The summed E-state index contributed by atoms with van der Waals surface area (Å²) in [7, 11) is 0. The van der Waals surface area contributed by atoms with Crippen molar-refractivity contribution in [2.24, 2.45) is 40.4 Å². The zero-order valence-electron chi connectivity index (χ0n) is 20.9. The molecule has 4 fully saturated rings. The summed E-state index contributed by atoms with van der Waals surface area (Å²) in [6.07, 6.45) is 11.7. The molecule has 4 aliphatic carbocycles. The minimum atomic E-state index is -0.493. The SMILES string of the molecule is C[C@@]1(O)CC[C@@]2(C)[C@@H](CC[C@@H]3[C@@H]2CC[C@]2(C)[C@@H](C(=O)Cn4ncc5cc(F)ccc54)CC[C@@H]32)C1. The minimum absolute atomic E-state index is 0.0800. The van der Waals surface area contributed by atoms with Crippen LogP contribution in [0.2, 0.25) is 0 Å². The van der Waals surface area contributed by atoms with Crippen LogP contribution in [0.5, 0.6) is 0 Å². The van der Waals surface area contributed by atoms with E-state index >= 15 is 0 Å². The standard InChI is InChI=1S/C29H39FN2O2/c1-27(34)12-13-28(2)19(15-27)4-6-21-22-7-8-24(29(22,3)11-10-23(21)28)26(33)17-32-25-9-5-20(30)14-18(25)16-31-32/h5,9,14,16,19,21-24,34H,4,6-8,10-13,15,17H2,1-3H3/t19-,21-,22-,23-,24+,27+,28-,29-/m0/s1. The van der Waals surface area contributed by atoms with Gasteiger partial charge in [-0.1, -0.05) is 13.8 Å². The fourth-order valence-electron chi connectivity index (χ4n) is 9.40. The number of fused-ring (bicyclic) bond motifs is 6. The van der Waals surface area contributed by atoms with Gasteiger partial charge in [0.1, 0.15) is 12.4 Å². The van der Waals surface area contributed by atoms with Crippen molar-refractivity contribution in [1.29, 1.82) is 0 Å². The molecular formula is C29H39FN2O2. The Kier molecular flexibility index (Phi) is 5.09. The molecule has 1 heterocycles. The minimum Gasteiger partial charge on any atom is -0.390 e. The van der Waals surface area contributed by atoms with Crippen LogP contribution in [0.4, 0.5) is 4.39 Å². The molecule has 0 aliphatic heterocycles. The van der Waals surface area contributed by atoms with Crippen LogP contribution in [-0.4, -0.2) is 26.3 Å². The van der Waals surface area contributed by atoms with Crippen molar-refractivity contribution in [2.75, 3.05) is 0 Å². The maximum absolute atomic E-state index is 13.6. The number of carbonyl (C=O) groups excluding carboxylic acids is 1. The molecule has 0 bridgehead atoms. The predicted molar refractivity (Wildman–Crippen MR) is 131 cm³/mol. The van der Waals surface area contributed by atoms with Crippen LogP contribution in [0.25, 0.3) is 10.9 Å². The van der Waals surface area contributed by atoms with Gasteiger partial charge in [-0.3, -0.25) is 9.48 Å². The van der Waals surface area contributed by atoms with Crippen molar-refractivity contribution in [3.8, 4) is 0 Å². The highest BCUT2D eigenvalue weighted by atomic mass is 19.1. The van der Waals surface area contributed by atoms with E-state index in [4.69, 9.17) is 0 Å². The van der Waals surface area contributed by atoms with E-state index < -0.39 is 5.60 Å². The molecule has 6 rings (SSSR count). The molecule has 4 saturated carbocycles. The Labute approximate surface area is 202 Å². The first-order valence-electron chi connectivity index (χ1n) is 13.5. The summed E-state index contributed by atoms with van der Waals surface area (Å²) in [5, 5.41) is 15.9. The Morgan fingerprint density at radius 2 is 1.85 bits per heavy atom. The van der Waals surface area contributed by atoms with Gasteiger partial charge in [0.2, 0.25) is 0 Å². The fourth-order valence-corrected chi connectivity index (χ4v) is 9.40. The van der Waals surface area contributed by atoms with Gasteiger partial charge in [-0.15, -0.1) is 0 Å². The van der Waals surface area contributed by atoms with E-state index in [9.17, 15) is 14.3 Å². The second-order valence-corrected chi connectivity index (χ2v) is 13.0. The van der Waals surface area contributed by atoms with Gasteiger partial charge in [0.05, 0.1) is 17.3 Å². The zero-order valence-corrected chi connectivity index (χ0v) is 20.9. The van der Waals surface area contributed by atoms with Gasteiger partial charge in [0, 0.05) is 11.3 Å². The van der Waals surface area contributed by atoms with Gasteiger partial charge in [-0.05, 0) is 117 Å². The predicted octanol–water partition coefficient (Wildman–Crippen LogP) is 6.15. The number of rotatable bonds is 3. The number of Topliss-reactive ketones (excluding diaryl/α,β-unsaturated/α-hetero) is 1. The molecule has 4 nitrogen and oxygen atoms in total. The van der Waals surface area contributed by atoms with Gasteiger partial charge in [0.25, 0.3) is 0 Å². The van der Waals surface area contributed by atoms with Crippen molar-refractivity contribution in [1.82, 2.24) is 9.78 Å². The molecule has 0 radical (unpaired) electrons. The highest BCUT2D eigenvalue weighted by Crippen LogP contribution is 2.68. The Morgan fingerprint density at radius 1 is 1.06 bits per heavy atom. The van der Waals surface area contributed by atoms with Crippen molar-refractivity contribution in [2.45, 2.75) is 90.7 Å². The van der Waals surface area contributed by atoms with Crippen molar-refractivity contribution >= 4 is 16.7 Å². The summed E-state index contributed by atoms with van der Waals surface area (Å²) in [5.41, 5.74) is 0.764. The normalized spacial score (nSPS) is 43.9. The summed E-state index contributed by atoms with van der Waals surface area (Å²) in [6, 6.07) is 4.66. The molecule has 5 heteroatoms. The summed E-state index contributed by atoms with van der Waals surface area (Å²) in [4.78, 5) is 13.6. The van der Waals surface area contributed by atoms with Crippen LogP contribution >= 0.6 is 0 Å². The van der Waals surface area contributed by atoms with E-state index in [1.807, 2.05) is 6.92 Å². The molecule has 4 aliphatic rings. The first-order chi connectivity index (χ1) is 16.1. The molecule has 0 amide bonds. The molecule has 1 N–H and O–H groups in total. The van der Waals surface area contributed by atoms with Crippen molar-refractivity contribution < 1.29 is 14.3 Å². The number of nitrogens with zero attached hydrogens (tertiary/aromatic N) is 2. The maximum atomic E-state index is 13.6. The molecule has 184 valence electrons. The lowest BCUT2D eigenvalue weighted by Crippen LogP contribution is -2.55. The van der Waals surface area contributed by atoms with Gasteiger partial charge >= 0.3 is 0 Å². The summed E-state index contributed by atoms with van der Waals surface area (Å²) in [5.74, 6) is 2.84. The molecule has 0 unspecified atom stereocenters. The van der Waals surface area contributed by atoms with E-state index in [1.54, 1.807) is 16.9 Å². The van der Waals surface area contributed by atoms with Crippen LogP contribution in [0, 0.1) is 46.2 Å². The molecule has 8 atom stereocenters. The largest absolute Gasteiger partial charge is 0.390 e. The van der Waals surface area contributed by atoms with Crippen LogP contribution < -0.4 is 0 Å². The first kappa shape index (κ1) is 22.7. The molecule has 0 saturated heterocycles. The lowest BCUT2D eigenvalue weighted by atomic mass is 9.44. The third kappa shape index (κ3) is 3.32. The average molecular weight is 467 g/mol. The number of halogens is 1. The number of aliphatic hydroxyl groups is 1. The zero-order chi connectivity index (χ0) is 23.9.